The molecule has 0 spiro atoms. The van der Waals surface area contributed by atoms with Crippen LogP contribution >= 0.6 is 27.5 Å². The summed E-state index contributed by atoms with van der Waals surface area (Å²) in [4.78, 5) is 22.7. The summed E-state index contributed by atoms with van der Waals surface area (Å²) in [6.07, 6.45) is 2.16. The van der Waals surface area contributed by atoms with E-state index in [9.17, 15) is 9.90 Å². The zero-order valence-corrected chi connectivity index (χ0v) is 21.2. The predicted octanol–water partition coefficient (Wildman–Crippen LogP) is 4.95. The zero-order valence-electron chi connectivity index (χ0n) is 18.8. The van der Waals surface area contributed by atoms with Crippen molar-refractivity contribution < 1.29 is 9.90 Å². The average Bonchev–Trinajstić information content (AvgIpc) is 2.80. The van der Waals surface area contributed by atoms with Gasteiger partial charge in [-0.25, -0.2) is 4.99 Å². The van der Waals surface area contributed by atoms with E-state index >= 15 is 0 Å². The number of nitrogens with zero attached hydrogens (tertiary/aromatic N) is 4. The lowest BCUT2D eigenvalue weighted by Crippen LogP contribution is -2.56. The summed E-state index contributed by atoms with van der Waals surface area (Å²) in [5.41, 5.74) is 3.78. The van der Waals surface area contributed by atoms with Crippen molar-refractivity contribution in [2.45, 2.75) is 39.1 Å². The molecular weight excluding hydrogens is 504 g/mol. The van der Waals surface area contributed by atoms with Crippen LogP contribution in [0.3, 0.4) is 0 Å². The number of aliphatic hydroxyl groups excluding tert-OH is 1. The summed E-state index contributed by atoms with van der Waals surface area (Å²) in [6.45, 7) is 9.52. The largest absolute Gasteiger partial charge is 0.355 e. The van der Waals surface area contributed by atoms with Gasteiger partial charge in [0.05, 0.1) is 10.7 Å². The molecule has 174 valence electrons. The predicted molar refractivity (Wildman–Crippen MR) is 137 cm³/mol. The first kappa shape index (κ1) is 23.8. The third-order valence-corrected chi connectivity index (χ3v) is 7.36. The number of carbonyl (C=O) groups excluding carboxylic acids is 1. The number of halogens is 2. The van der Waals surface area contributed by atoms with E-state index in [1.807, 2.05) is 35.2 Å². The molecule has 33 heavy (non-hydrogen) atoms. The van der Waals surface area contributed by atoms with Crippen LogP contribution in [0.1, 0.15) is 31.4 Å². The number of anilines is 2. The number of amidine groups is 1. The summed E-state index contributed by atoms with van der Waals surface area (Å²) in [5.74, 6) is 0.618. The Kier molecular flexibility index (Phi) is 7.12. The number of aliphatic hydroxyl groups is 1. The maximum Gasteiger partial charge on any atom is 0.246 e. The number of amides is 1. The number of fused-ring (bicyclic) bond motifs is 1. The molecule has 0 aromatic heterocycles. The SMILES string of the molecule is C=CC(=O)N1CCN(C2=NC(O)N(c3ccccc3CCC)c3cc(Br)c(Cl)cc32)[C@@H](C)C1. The standard InChI is InChI=1S/C25H28BrClN4O2/c1-4-8-17-9-6-7-10-21(17)31-22-14-19(26)20(27)13-18(22)24(28-25(31)33)30-12-11-29(15-16(30)3)23(32)5-2/h5-7,9-10,13-14,16,25,33H,2,4,8,11-12,15H2,1,3H3/t16-,25?/m0/s1. The second-order valence-electron chi connectivity index (χ2n) is 8.36. The number of aryl methyl sites for hydroxylation is 1. The van der Waals surface area contributed by atoms with Crippen LogP contribution in [-0.4, -0.2) is 58.7 Å². The summed E-state index contributed by atoms with van der Waals surface area (Å²) in [7, 11) is 0. The molecule has 2 aliphatic rings. The Balaban J connectivity index is 1.78. The van der Waals surface area contributed by atoms with Crippen LogP contribution in [0.15, 0.2) is 58.5 Å². The van der Waals surface area contributed by atoms with Gasteiger partial charge >= 0.3 is 0 Å². The molecule has 1 unspecified atom stereocenters. The number of carbonyl (C=O) groups is 1. The normalized spacial score (nSPS) is 20.4. The Morgan fingerprint density at radius 1 is 1.30 bits per heavy atom. The molecule has 2 aromatic rings. The van der Waals surface area contributed by atoms with Crippen molar-refractivity contribution in [3.63, 3.8) is 0 Å². The maximum atomic E-state index is 12.1. The maximum absolute atomic E-state index is 12.1. The van der Waals surface area contributed by atoms with Gasteiger partial charge in [0.2, 0.25) is 12.3 Å². The van der Waals surface area contributed by atoms with Crippen LogP contribution in [0.25, 0.3) is 0 Å². The number of hydrogen-bond acceptors (Lipinski definition) is 5. The Hall–Kier alpha value is -2.35. The van der Waals surface area contributed by atoms with E-state index in [2.05, 4.69) is 47.3 Å². The van der Waals surface area contributed by atoms with Crippen molar-refractivity contribution in [3.8, 4) is 0 Å². The quantitative estimate of drug-likeness (QED) is 0.567. The van der Waals surface area contributed by atoms with Gasteiger partial charge in [0.1, 0.15) is 5.84 Å². The number of piperazine rings is 1. The van der Waals surface area contributed by atoms with Crippen LogP contribution in [0.2, 0.25) is 5.02 Å². The fourth-order valence-corrected chi connectivity index (χ4v) is 5.08. The number of hydrogen-bond donors (Lipinski definition) is 1. The minimum Gasteiger partial charge on any atom is -0.355 e. The number of para-hydroxylation sites is 1. The fraction of sp³-hybridized carbons (Fsp3) is 0.360. The van der Waals surface area contributed by atoms with Gasteiger partial charge in [-0.1, -0.05) is 49.7 Å². The van der Waals surface area contributed by atoms with Gasteiger partial charge in [0, 0.05) is 41.4 Å². The van der Waals surface area contributed by atoms with Crippen molar-refractivity contribution >= 4 is 50.6 Å². The van der Waals surface area contributed by atoms with E-state index in [1.54, 1.807) is 4.90 Å². The third-order valence-electron chi connectivity index (χ3n) is 6.16. The Labute approximate surface area is 208 Å². The molecule has 1 N–H and O–H groups in total. The molecule has 4 rings (SSSR count). The lowest BCUT2D eigenvalue weighted by Gasteiger charge is -2.44. The molecule has 2 aromatic carbocycles. The van der Waals surface area contributed by atoms with Crippen LogP contribution in [0, 0.1) is 0 Å². The number of aliphatic imine (C=N–C) groups is 1. The highest BCUT2D eigenvalue weighted by Gasteiger charge is 2.36. The Morgan fingerprint density at radius 2 is 2.06 bits per heavy atom. The monoisotopic (exact) mass is 530 g/mol. The lowest BCUT2D eigenvalue weighted by molar-refractivity contribution is -0.128. The highest BCUT2D eigenvalue weighted by Crippen LogP contribution is 2.41. The average molecular weight is 532 g/mol. The Morgan fingerprint density at radius 3 is 2.76 bits per heavy atom. The van der Waals surface area contributed by atoms with Crippen molar-refractivity contribution in [2.24, 2.45) is 4.99 Å². The number of rotatable bonds is 4. The molecule has 0 radical (unpaired) electrons. The highest BCUT2D eigenvalue weighted by molar-refractivity contribution is 9.10. The van der Waals surface area contributed by atoms with E-state index < -0.39 is 6.35 Å². The second-order valence-corrected chi connectivity index (χ2v) is 9.62. The molecule has 8 heteroatoms. The van der Waals surface area contributed by atoms with E-state index in [0.717, 1.165) is 39.8 Å². The van der Waals surface area contributed by atoms with Crippen molar-refractivity contribution in [3.05, 3.63) is 69.7 Å². The van der Waals surface area contributed by atoms with Crippen molar-refractivity contribution in [2.75, 3.05) is 24.5 Å². The fourth-order valence-electron chi connectivity index (χ4n) is 4.59. The van der Waals surface area contributed by atoms with Crippen LogP contribution in [0.4, 0.5) is 11.4 Å². The van der Waals surface area contributed by atoms with Gasteiger partial charge < -0.3 is 14.9 Å². The van der Waals surface area contributed by atoms with Crippen LogP contribution in [-0.2, 0) is 11.2 Å². The summed E-state index contributed by atoms with van der Waals surface area (Å²) in [5, 5.41) is 11.8. The molecule has 2 atom stereocenters. The van der Waals surface area contributed by atoms with Gasteiger partial charge in [-0.05, 0) is 59.1 Å². The van der Waals surface area contributed by atoms with Gasteiger partial charge in [-0.3, -0.25) is 9.69 Å². The van der Waals surface area contributed by atoms with Gasteiger partial charge in [-0.2, -0.15) is 0 Å². The van der Waals surface area contributed by atoms with Gasteiger partial charge in [0.25, 0.3) is 0 Å². The molecule has 0 saturated carbocycles. The van der Waals surface area contributed by atoms with E-state index in [4.69, 9.17) is 16.6 Å². The molecule has 1 amide bonds. The van der Waals surface area contributed by atoms with E-state index in [1.165, 1.54) is 6.08 Å². The highest BCUT2D eigenvalue weighted by atomic mass is 79.9. The molecule has 1 saturated heterocycles. The summed E-state index contributed by atoms with van der Waals surface area (Å²) < 4.78 is 0.754. The topological polar surface area (TPSA) is 59.4 Å². The number of benzene rings is 2. The first-order valence-electron chi connectivity index (χ1n) is 11.2. The molecule has 0 bridgehead atoms. The summed E-state index contributed by atoms with van der Waals surface area (Å²) in [6, 6.07) is 12.0. The Bertz CT molecular complexity index is 1110. The van der Waals surface area contributed by atoms with Gasteiger partial charge in [-0.15, -0.1) is 0 Å². The zero-order chi connectivity index (χ0) is 23.7. The molecule has 0 aliphatic carbocycles. The molecule has 1 fully saturated rings. The molecule has 2 heterocycles. The molecular formula is C25H28BrClN4O2. The summed E-state index contributed by atoms with van der Waals surface area (Å²) >= 11 is 10.1. The van der Waals surface area contributed by atoms with Gasteiger partial charge in [0.15, 0.2) is 0 Å². The van der Waals surface area contributed by atoms with Crippen LogP contribution < -0.4 is 4.90 Å². The van der Waals surface area contributed by atoms with E-state index in [-0.39, 0.29) is 11.9 Å². The van der Waals surface area contributed by atoms with Crippen molar-refractivity contribution in [1.82, 2.24) is 9.80 Å². The van der Waals surface area contributed by atoms with Crippen LogP contribution in [0.5, 0.6) is 0 Å². The first-order chi connectivity index (χ1) is 15.8. The third kappa shape index (κ3) is 4.54. The first-order valence-corrected chi connectivity index (χ1v) is 12.3. The van der Waals surface area contributed by atoms with Crippen molar-refractivity contribution in [1.29, 1.82) is 0 Å². The molecule has 6 nitrogen and oxygen atoms in total. The molecule has 2 aliphatic heterocycles. The van der Waals surface area contributed by atoms with E-state index in [0.29, 0.717) is 30.5 Å². The smallest absolute Gasteiger partial charge is 0.246 e. The minimum atomic E-state index is -1.08. The minimum absolute atomic E-state index is 0.0165. The second kappa shape index (κ2) is 9.87. The lowest BCUT2D eigenvalue weighted by atomic mass is 10.0.